The van der Waals surface area contributed by atoms with E-state index in [1.807, 2.05) is 13.8 Å². The highest BCUT2D eigenvalue weighted by Gasteiger charge is 2.49. The van der Waals surface area contributed by atoms with Crippen molar-refractivity contribution in [3.63, 3.8) is 0 Å². The van der Waals surface area contributed by atoms with Crippen molar-refractivity contribution < 1.29 is 19.1 Å². The summed E-state index contributed by atoms with van der Waals surface area (Å²) in [7, 11) is 0. The molecule has 116 valence electrons. The summed E-state index contributed by atoms with van der Waals surface area (Å²) in [5, 5.41) is 3.17. The molecule has 0 radical (unpaired) electrons. The Balaban J connectivity index is 2.64. The largest absolute Gasteiger partial charge is 0.465 e. The van der Waals surface area contributed by atoms with E-state index in [1.165, 1.54) is 0 Å². The van der Waals surface area contributed by atoms with Crippen LogP contribution in [-0.2, 0) is 19.1 Å². The number of hydrogen-bond acceptors (Lipinski definition) is 5. The molecule has 0 saturated carbocycles. The van der Waals surface area contributed by atoms with Crippen LogP contribution in [0, 0.1) is 5.41 Å². The lowest BCUT2D eigenvalue weighted by atomic mass is 9.79. The topological polar surface area (TPSA) is 64.6 Å². The van der Waals surface area contributed by atoms with Gasteiger partial charge in [0.25, 0.3) is 0 Å². The molecule has 1 N–H and O–H groups in total. The SMILES string of the molecule is CCCCOC(=O)C1(C(=O)OCCCC)CCNCC1. The van der Waals surface area contributed by atoms with Gasteiger partial charge in [-0.2, -0.15) is 0 Å². The van der Waals surface area contributed by atoms with E-state index in [0.29, 0.717) is 39.1 Å². The lowest BCUT2D eigenvalue weighted by Gasteiger charge is -2.32. The minimum atomic E-state index is -1.09. The van der Waals surface area contributed by atoms with Crippen molar-refractivity contribution in [1.29, 1.82) is 0 Å². The quantitative estimate of drug-likeness (QED) is 0.420. The summed E-state index contributed by atoms with van der Waals surface area (Å²) in [5.41, 5.74) is -1.09. The number of carbonyl (C=O) groups is 2. The van der Waals surface area contributed by atoms with E-state index in [2.05, 4.69) is 5.32 Å². The summed E-state index contributed by atoms with van der Waals surface area (Å²) in [5.74, 6) is -0.817. The second-order valence-electron chi connectivity index (χ2n) is 5.31. The Labute approximate surface area is 121 Å². The normalized spacial score (nSPS) is 17.5. The molecule has 0 aliphatic carbocycles. The van der Waals surface area contributed by atoms with E-state index in [4.69, 9.17) is 9.47 Å². The molecular weight excluding hydrogens is 258 g/mol. The predicted octanol–water partition coefficient (Wildman–Crippen LogP) is 2.04. The van der Waals surface area contributed by atoms with Crippen molar-refractivity contribution in [1.82, 2.24) is 5.32 Å². The molecule has 0 spiro atoms. The molecule has 1 rings (SSSR count). The fourth-order valence-corrected chi connectivity index (χ4v) is 2.24. The van der Waals surface area contributed by atoms with Gasteiger partial charge in [0.05, 0.1) is 13.2 Å². The summed E-state index contributed by atoms with van der Waals surface area (Å²) in [6, 6.07) is 0. The van der Waals surface area contributed by atoms with Gasteiger partial charge in [-0.05, 0) is 38.8 Å². The molecule has 20 heavy (non-hydrogen) atoms. The highest BCUT2D eigenvalue weighted by atomic mass is 16.6. The summed E-state index contributed by atoms with van der Waals surface area (Å²) < 4.78 is 10.6. The third-order valence-corrected chi connectivity index (χ3v) is 3.70. The van der Waals surface area contributed by atoms with Gasteiger partial charge in [0.1, 0.15) is 0 Å². The number of unbranched alkanes of at least 4 members (excludes halogenated alkanes) is 2. The zero-order valence-corrected chi connectivity index (χ0v) is 12.7. The van der Waals surface area contributed by atoms with E-state index in [0.717, 1.165) is 25.7 Å². The minimum Gasteiger partial charge on any atom is -0.465 e. The van der Waals surface area contributed by atoms with Gasteiger partial charge in [-0.25, -0.2) is 0 Å². The van der Waals surface area contributed by atoms with Crippen molar-refractivity contribution >= 4 is 11.9 Å². The Hall–Kier alpha value is -1.10. The summed E-state index contributed by atoms with van der Waals surface area (Å²) in [6.07, 6.45) is 4.49. The van der Waals surface area contributed by atoms with Crippen LogP contribution in [0.4, 0.5) is 0 Å². The molecule has 5 heteroatoms. The van der Waals surface area contributed by atoms with Crippen LogP contribution in [0.5, 0.6) is 0 Å². The molecule has 1 aliphatic rings. The number of hydrogen-bond donors (Lipinski definition) is 1. The van der Waals surface area contributed by atoms with E-state index in [1.54, 1.807) is 0 Å². The molecule has 0 atom stereocenters. The van der Waals surface area contributed by atoms with E-state index in [-0.39, 0.29) is 0 Å². The fraction of sp³-hybridized carbons (Fsp3) is 0.867. The Morgan fingerprint density at radius 2 is 1.40 bits per heavy atom. The maximum Gasteiger partial charge on any atom is 0.323 e. The molecule has 5 nitrogen and oxygen atoms in total. The minimum absolute atomic E-state index is 0.382. The first-order chi connectivity index (χ1) is 9.67. The Kier molecular flexibility index (Phi) is 7.59. The highest BCUT2D eigenvalue weighted by Crippen LogP contribution is 2.32. The van der Waals surface area contributed by atoms with Crippen LogP contribution >= 0.6 is 0 Å². The summed E-state index contributed by atoms with van der Waals surface area (Å²) >= 11 is 0. The van der Waals surface area contributed by atoms with E-state index >= 15 is 0 Å². The van der Waals surface area contributed by atoms with Crippen LogP contribution < -0.4 is 5.32 Å². The molecule has 0 unspecified atom stereocenters. The third-order valence-electron chi connectivity index (χ3n) is 3.70. The molecule has 0 aromatic carbocycles. The van der Waals surface area contributed by atoms with Gasteiger partial charge >= 0.3 is 11.9 Å². The molecule has 1 saturated heterocycles. The lowest BCUT2D eigenvalue weighted by Crippen LogP contribution is -2.49. The van der Waals surface area contributed by atoms with Gasteiger partial charge in [0.15, 0.2) is 5.41 Å². The van der Waals surface area contributed by atoms with Crippen molar-refractivity contribution in [2.24, 2.45) is 5.41 Å². The third kappa shape index (κ3) is 4.47. The van der Waals surface area contributed by atoms with Crippen molar-refractivity contribution in [3.8, 4) is 0 Å². The Morgan fingerprint density at radius 3 is 1.80 bits per heavy atom. The second kappa shape index (κ2) is 8.95. The molecule has 1 fully saturated rings. The van der Waals surface area contributed by atoms with Gasteiger partial charge in [-0.1, -0.05) is 26.7 Å². The molecule has 0 aromatic heterocycles. The molecule has 0 amide bonds. The number of rotatable bonds is 8. The molecule has 0 bridgehead atoms. The van der Waals surface area contributed by atoms with Crippen molar-refractivity contribution in [3.05, 3.63) is 0 Å². The van der Waals surface area contributed by atoms with Crippen LogP contribution in [-0.4, -0.2) is 38.2 Å². The first-order valence-electron chi connectivity index (χ1n) is 7.72. The Morgan fingerprint density at radius 1 is 0.950 bits per heavy atom. The van der Waals surface area contributed by atoms with Crippen molar-refractivity contribution in [2.75, 3.05) is 26.3 Å². The van der Waals surface area contributed by atoms with Crippen LogP contribution in [0.3, 0.4) is 0 Å². The molecule has 0 aromatic rings. The maximum absolute atomic E-state index is 12.3. The van der Waals surface area contributed by atoms with Gasteiger partial charge in [0, 0.05) is 0 Å². The average Bonchev–Trinajstić information content (AvgIpc) is 2.48. The van der Waals surface area contributed by atoms with Crippen LogP contribution in [0.25, 0.3) is 0 Å². The highest BCUT2D eigenvalue weighted by molar-refractivity contribution is 6.00. The van der Waals surface area contributed by atoms with Gasteiger partial charge in [-0.3, -0.25) is 9.59 Å². The van der Waals surface area contributed by atoms with Crippen LogP contribution in [0.1, 0.15) is 52.4 Å². The predicted molar refractivity (Wildman–Crippen MR) is 76.3 cm³/mol. The van der Waals surface area contributed by atoms with Crippen LogP contribution in [0.2, 0.25) is 0 Å². The number of esters is 2. The molecule has 1 heterocycles. The summed E-state index contributed by atoms with van der Waals surface area (Å²) in [6.45, 7) is 6.12. The molecular formula is C15H27NO4. The molecule has 1 aliphatic heterocycles. The number of ether oxygens (including phenoxy) is 2. The number of piperidine rings is 1. The number of carbonyl (C=O) groups excluding carboxylic acids is 2. The zero-order chi connectivity index (χ0) is 14.8. The van der Waals surface area contributed by atoms with E-state index in [9.17, 15) is 9.59 Å². The van der Waals surface area contributed by atoms with Crippen LogP contribution in [0.15, 0.2) is 0 Å². The number of nitrogens with one attached hydrogen (secondary N) is 1. The second-order valence-corrected chi connectivity index (χ2v) is 5.31. The first-order valence-corrected chi connectivity index (χ1v) is 7.72. The maximum atomic E-state index is 12.3. The zero-order valence-electron chi connectivity index (χ0n) is 12.7. The summed E-state index contributed by atoms with van der Waals surface area (Å²) in [4.78, 5) is 24.6. The standard InChI is InChI=1S/C15H27NO4/c1-3-5-11-19-13(17)15(7-9-16-10-8-15)14(18)20-12-6-4-2/h16H,3-12H2,1-2H3. The lowest BCUT2D eigenvalue weighted by molar-refractivity contribution is -0.175. The monoisotopic (exact) mass is 285 g/mol. The van der Waals surface area contributed by atoms with Crippen molar-refractivity contribution in [2.45, 2.75) is 52.4 Å². The van der Waals surface area contributed by atoms with Gasteiger partial charge in [-0.15, -0.1) is 0 Å². The Bertz CT molecular complexity index is 287. The van der Waals surface area contributed by atoms with E-state index < -0.39 is 17.4 Å². The smallest absolute Gasteiger partial charge is 0.323 e. The van der Waals surface area contributed by atoms with Gasteiger partial charge < -0.3 is 14.8 Å². The average molecular weight is 285 g/mol. The van der Waals surface area contributed by atoms with Gasteiger partial charge in [0.2, 0.25) is 0 Å². The first kappa shape index (κ1) is 17.0. The fourth-order valence-electron chi connectivity index (χ4n) is 2.24.